The molecule has 7 heteroatoms. The van der Waals surface area contributed by atoms with Crippen molar-refractivity contribution < 1.29 is 19.1 Å². The number of carbonyl (C=O) groups excluding carboxylic acids is 2. The maximum atomic E-state index is 11.7. The molecule has 110 valence electrons. The number of rotatable bonds is 6. The molecule has 0 aliphatic carbocycles. The van der Waals surface area contributed by atoms with Crippen LogP contribution >= 0.6 is 0 Å². The number of likely N-dealkylation sites (N-methyl/N-ethyl adjacent to an activating group) is 1. The standard InChI is InChI=1S/C13H19N3O4/c1-5-16(8-11(17)19-4)13-14-7-10(9(3)15-13)12(18)20-6-2/h7H,5-6,8H2,1-4H3. The minimum atomic E-state index is -0.451. The van der Waals surface area contributed by atoms with Gasteiger partial charge in [0.25, 0.3) is 0 Å². The van der Waals surface area contributed by atoms with E-state index in [1.165, 1.54) is 13.3 Å². The molecule has 0 amide bonds. The SMILES string of the molecule is CCOC(=O)c1cnc(N(CC)CC(=O)OC)nc1C. The normalized spacial score (nSPS) is 10.0. The molecule has 1 heterocycles. The van der Waals surface area contributed by atoms with Crippen molar-refractivity contribution in [3.8, 4) is 0 Å². The Morgan fingerprint density at radius 3 is 2.55 bits per heavy atom. The molecular formula is C13H19N3O4. The second-order valence-corrected chi connectivity index (χ2v) is 3.98. The number of anilines is 1. The van der Waals surface area contributed by atoms with E-state index in [2.05, 4.69) is 14.7 Å². The van der Waals surface area contributed by atoms with Gasteiger partial charge in [0.2, 0.25) is 5.95 Å². The van der Waals surface area contributed by atoms with Crippen LogP contribution in [0.1, 0.15) is 29.9 Å². The van der Waals surface area contributed by atoms with Crippen LogP contribution in [0, 0.1) is 6.92 Å². The van der Waals surface area contributed by atoms with Crippen LogP contribution in [0.3, 0.4) is 0 Å². The fourth-order valence-electron chi connectivity index (χ4n) is 1.56. The van der Waals surface area contributed by atoms with Crippen molar-refractivity contribution in [2.24, 2.45) is 0 Å². The zero-order valence-corrected chi connectivity index (χ0v) is 12.2. The summed E-state index contributed by atoms with van der Waals surface area (Å²) in [6.45, 7) is 6.21. The van der Waals surface area contributed by atoms with E-state index >= 15 is 0 Å². The van der Waals surface area contributed by atoms with E-state index in [0.29, 0.717) is 30.4 Å². The highest BCUT2D eigenvalue weighted by molar-refractivity contribution is 5.90. The van der Waals surface area contributed by atoms with E-state index in [0.717, 1.165) is 0 Å². The number of aryl methyl sites for hydroxylation is 1. The Morgan fingerprint density at radius 1 is 1.35 bits per heavy atom. The van der Waals surface area contributed by atoms with Crippen molar-refractivity contribution in [3.63, 3.8) is 0 Å². The van der Waals surface area contributed by atoms with E-state index in [1.54, 1.807) is 18.7 Å². The second-order valence-electron chi connectivity index (χ2n) is 3.98. The fourth-order valence-corrected chi connectivity index (χ4v) is 1.56. The second kappa shape index (κ2) is 7.42. The Kier molecular flexibility index (Phi) is 5.89. The molecule has 20 heavy (non-hydrogen) atoms. The van der Waals surface area contributed by atoms with Gasteiger partial charge < -0.3 is 14.4 Å². The molecule has 0 spiro atoms. The lowest BCUT2D eigenvalue weighted by atomic mass is 10.2. The predicted molar refractivity (Wildman–Crippen MR) is 72.6 cm³/mol. The van der Waals surface area contributed by atoms with Crippen molar-refractivity contribution in [1.82, 2.24) is 9.97 Å². The molecule has 0 fully saturated rings. The summed E-state index contributed by atoms with van der Waals surface area (Å²) >= 11 is 0. The van der Waals surface area contributed by atoms with Crippen molar-refractivity contribution in [3.05, 3.63) is 17.5 Å². The molecule has 7 nitrogen and oxygen atoms in total. The van der Waals surface area contributed by atoms with Crippen LogP contribution in [0.4, 0.5) is 5.95 Å². The average Bonchev–Trinajstić information content (AvgIpc) is 2.44. The smallest absolute Gasteiger partial charge is 0.341 e. The van der Waals surface area contributed by atoms with Crippen LogP contribution in [0.2, 0.25) is 0 Å². The number of aromatic nitrogens is 2. The number of hydrogen-bond donors (Lipinski definition) is 0. The van der Waals surface area contributed by atoms with Crippen LogP contribution in [-0.4, -0.2) is 48.7 Å². The van der Waals surface area contributed by atoms with E-state index < -0.39 is 5.97 Å². The van der Waals surface area contributed by atoms with Crippen molar-refractivity contribution >= 4 is 17.9 Å². The number of hydrogen-bond acceptors (Lipinski definition) is 7. The highest BCUT2D eigenvalue weighted by Crippen LogP contribution is 2.12. The summed E-state index contributed by atoms with van der Waals surface area (Å²) < 4.78 is 9.53. The molecule has 0 N–H and O–H groups in total. The van der Waals surface area contributed by atoms with Gasteiger partial charge >= 0.3 is 11.9 Å². The number of methoxy groups -OCH3 is 1. The highest BCUT2D eigenvalue weighted by Gasteiger charge is 2.17. The Morgan fingerprint density at radius 2 is 2.05 bits per heavy atom. The maximum Gasteiger partial charge on any atom is 0.341 e. The lowest BCUT2D eigenvalue weighted by Crippen LogP contribution is -2.32. The van der Waals surface area contributed by atoms with Gasteiger partial charge in [-0.1, -0.05) is 0 Å². The van der Waals surface area contributed by atoms with Crippen LogP contribution < -0.4 is 4.90 Å². The highest BCUT2D eigenvalue weighted by atomic mass is 16.5. The van der Waals surface area contributed by atoms with Gasteiger partial charge in [-0.2, -0.15) is 0 Å². The molecule has 1 aromatic rings. The zero-order valence-electron chi connectivity index (χ0n) is 12.2. The lowest BCUT2D eigenvalue weighted by molar-refractivity contribution is -0.138. The summed E-state index contributed by atoms with van der Waals surface area (Å²) in [6.07, 6.45) is 1.41. The van der Waals surface area contributed by atoms with E-state index in [1.807, 2.05) is 6.92 Å². The van der Waals surface area contributed by atoms with Gasteiger partial charge in [0, 0.05) is 12.7 Å². The Labute approximate surface area is 117 Å². The Balaban J connectivity index is 2.94. The predicted octanol–water partition coefficient (Wildman–Crippen LogP) is 0.961. The Hall–Kier alpha value is -2.18. The first kappa shape index (κ1) is 15.9. The minimum absolute atomic E-state index is 0.0607. The lowest BCUT2D eigenvalue weighted by Gasteiger charge is -2.19. The largest absolute Gasteiger partial charge is 0.468 e. The molecular weight excluding hydrogens is 262 g/mol. The molecule has 0 aliphatic heterocycles. The molecule has 0 unspecified atom stereocenters. The van der Waals surface area contributed by atoms with Gasteiger partial charge in [0.1, 0.15) is 6.54 Å². The first-order chi connectivity index (χ1) is 9.53. The van der Waals surface area contributed by atoms with Crippen LogP contribution in [0.25, 0.3) is 0 Å². The molecule has 0 atom stereocenters. The quantitative estimate of drug-likeness (QED) is 0.718. The van der Waals surface area contributed by atoms with Crippen LogP contribution in [0.5, 0.6) is 0 Å². The van der Waals surface area contributed by atoms with Crippen molar-refractivity contribution in [1.29, 1.82) is 0 Å². The van der Waals surface area contributed by atoms with E-state index in [9.17, 15) is 9.59 Å². The summed E-state index contributed by atoms with van der Waals surface area (Å²) in [5.41, 5.74) is 0.835. The Bertz CT molecular complexity index is 491. The van der Waals surface area contributed by atoms with Crippen LogP contribution in [0.15, 0.2) is 6.20 Å². The fraction of sp³-hybridized carbons (Fsp3) is 0.538. The summed E-state index contributed by atoms with van der Waals surface area (Å²) in [5.74, 6) is -0.446. The molecule has 0 saturated heterocycles. The van der Waals surface area contributed by atoms with E-state index in [-0.39, 0.29) is 12.5 Å². The van der Waals surface area contributed by atoms with Gasteiger partial charge in [0.05, 0.1) is 25.0 Å². The number of esters is 2. The number of ether oxygens (including phenoxy) is 2. The van der Waals surface area contributed by atoms with Gasteiger partial charge in [-0.3, -0.25) is 4.79 Å². The number of carbonyl (C=O) groups is 2. The molecule has 1 rings (SSSR count). The van der Waals surface area contributed by atoms with Crippen LogP contribution in [-0.2, 0) is 14.3 Å². The average molecular weight is 281 g/mol. The van der Waals surface area contributed by atoms with Gasteiger partial charge in [-0.25, -0.2) is 14.8 Å². The first-order valence-electron chi connectivity index (χ1n) is 6.35. The van der Waals surface area contributed by atoms with Crippen molar-refractivity contribution in [2.45, 2.75) is 20.8 Å². The molecule has 0 radical (unpaired) electrons. The first-order valence-corrected chi connectivity index (χ1v) is 6.35. The monoisotopic (exact) mass is 281 g/mol. The third-order valence-corrected chi connectivity index (χ3v) is 2.67. The summed E-state index contributed by atoms with van der Waals surface area (Å²) in [4.78, 5) is 33.0. The molecule has 0 saturated carbocycles. The molecule has 1 aromatic heterocycles. The molecule has 0 bridgehead atoms. The summed E-state index contributed by atoms with van der Waals surface area (Å²) in [7, 11) is 1.33. The maximum absolute atomic E-state index is 11.7. The minimum Gasteiger partial charge on any atom is -0.468 e. The van der Waals surface area contributed by atoms with Gasteiger partial charge in [-0.05, 0) is 20.8 Å². The summed E-state index contributed by atoms with van der Waals surface area (Å²) in [5, 5.41) is 0. The summed E-state index contributed by atoms with van der Waals surface area (Å²) in [6, 6.07) is 0. The third kappa shape index (κ3) is 3.91. The molecule has 0 aromatic carbocycles. The van der Waals surface area contributed by atoms with Crippen molar-refractivity contribution in [2.75, 3.05) is 31.7 Å². The third-order valence-electron chi connectivity index (χ3n) is 2.67. The zero-order chi connectivity index (χ0) is 15.1. The number of nitrogens with zero attached hydrogens (tertiary/aromatic N) is 3. The molecule has 0 aliphatic rings. The van der Waals surface area contributed by atoms with E-state index in [4.69, 9.17) is 4.74 Å². The topological polar surface area (TPSA) is 81.6 Å². The van der Waals surface area contributed by atoms with Gasteiger partial charge in [0.15, 0.2) is 0 Å². The van der Waals surface area contributed by atoms with Gasteiger partial charge in [-0.15, -0.1) is 0 Å².